The Balaban J connectivity index is 1.57. The summed E-state index contributed by atoms with van der Waals surface area (Å²) in [7, 11) is 0. The monoisotopic (exact) mass is 360 g/mol. The molecule has 4 nitrogen and oxygen atoms in total. The lowest BCUT2D eigenvalue weighted by Crippen LogP contribution is -3.12. The van der Waals surface area contributed by atoms with Gasteiger partial charge in [0, 0.05) is 12.1 Å². The van der Waals surface area contributed by atoms with Gasteiger partial charge in [0.05, 0.1) is 18.9 Å². The number of anilines is 1. The third-order valence-electron chi connectivity index (χ3n) is 4.32. The van der Waals surface area contributed by atoms with E-state index in [1.54, 1.807) is 18.2 Å². The molecule has 132 valence electrons. The highest BCUT2D eigenvalue weighted by Crippen LogP contribution is 2.12. The maximum absolute atomic E-state index is 13.7. The standard InChI is InChI=1S/C19H22FN3OS/c20-17-7-3-4-8-18(17)22-19(25)21-13-15-5-1-2-6-16(15)14-23-9-11-24-12-10-23/h1-8H,9-14H2,(H2,21,22,25)/p+1. The van der Waals surface area contributed by atoms with Crippen LogP contribution >= 0.6 is 12.2 Å². The van der Waals surface area contributed by atoms with Crippen LogP contribution in [0.2, 0.25) is 0 Å². The highest BCUT2D eigenvalue weighted by atomic mass is 32.1. The van der Waals surface area contributed by atoms with Crippen LogP contribution in [0.15, 0.2) is 48.5 Å². The number of quaternary nitrogens is 1. The van der Waals surface area contributed by atoms with Crippen molar-refractivity contribution in [3.63, 3.8) is 0 Å². The van der Waals surface area contributed by atoms with Crippen molar-refractivity contribution in [1.82, 2.24) is 5.32 Å². The van der Waals surface area contributed by atoms with Gasteiger partial charge in [0.2, 0.25) is 0 Å². The second-order valence-electron chi connectivity index (χ2n) is 6.10. The summed E-state index contributed by atoms with van der Waals surface area (Å²) >= 11 is 5.29. The summed E-state index contributed by atoms with van der Waals surface area (Å²) in [5.41, 5.74) is 2.89. The molecule has 0 spiro atoms. The number of hydrogen-bond acceptors (Lipinski definition) is 2. The minimum absolute atomic E-state index is 0.317. The predicted octanol–water partition coefficient (Wildman–Crippen LogP) is 1.73. The van der Waals surface area contributed by atoms with Crippen molar-refractivity contribution >= 4 is 23.0 Å². The molecule has 1 heterocycles. The molecule has 2 aromatic carbocycles. The van der Waals surface area contributed by atoms with Gasteiger partial charge >= 0.3 is 0 Å². The molecule has 0 aromatic heterocycles. The van der Waals surface area contributed by atoms with Crippen molar-refractivity contribution < 1.29 is 14.0 Å². The van der Waals surface area contributed by atoms with Gasteiger partial charge in [-0.05, 0) is 29.9 Å². The average Bonchev–Trinajstić information content (AvgIpc) is 2.64. The maximum Gasteiger partial charge on any atom is 0.171 e. The largest absolute Gasteiger partial charge is 0.370 e. The minimum Gasteiger partial charge on any atom is -0.370 e. The van der Waals surface area contributed by atoms with Gasteiger partial charge in [-0.25, -0.2) is 4.39 Å². The molecule has 0 saturated carbocycles. The number of benzene rings is 2. The topological polar surface area (TPSA) is 37.7 Å². The molecule has 1 aliphatic heterocycles. The Bertz CT molecular complexity index is 719. The summed E-state index contributed by atoms with van der Waals surface area (Å²) in [6.45, 7) is 5.32. The fourth-order valence-electron chi connectivity index (χ4n) is 2.91. The average molecular weight is 360 g/mol. The van der Waals surface area contributed by atoms with Gasteiger partial charge in [0.15, 0.2) is 5.11 Å². The Morgan fingerprint density at radius 1 is 1.04 bits per heavy atom. The molecule has 1 saturated heterocycles. The van der Waals surface area contributed by atoms with E-state index >= 15 is 0 Å². The summed E-state index contributed by atoms with van der Waals surface area (Å²) in [6, 6.07) is 14.9. The second kappa shape index (κ2) is 8.89. The highest BCUT2D eigenvalue weighted by molar-refractivity contribution is 7.80. The first-order valence-corrected chi connectivity index (χ1v) is 8.90. The zero-order valence-electron chi connectivity index (χ0n) is 14.1. The summed E-state index contributed by atoms with van der Waals surface area (Å²) < 4.78 is 19.1. The molecule has 25 heavy (non-hydrogen) atoms. The van der Waals surface area contributed by atoms with E-state index < -0.39 is 0 Å². The van der Waals surface area contributed by atoms with Crippen LogP contribution in [0.3, 0.4) is 0 Å². The van der Waals surface area contributed by atoms with Crippen molar-refractivity contribution in [2.45, 2.75) is 13.1 Å². The number of morpholine rings is 1. The molecular formula is C19H23FN3OS+. The van der Waals surface area contributed by atoms with E-state index in [2.05, 4.69) is 28.8 Å². The Morgan fingerprint density at radius 3 is 2.48 bits per heavy atom. The van der Waals surface area contributed by atoms with E-state index in [4.69, 9.17) is 17.0 Å². The molecule has 0 aliphatic carbocycles. The van der Waals surface area contributed by atoms with E-state index in [9.17, 15) is 4.39 Å². The van der Waals surface area contributed by atoms with Crippen LogP contribution in [0.25, 0.3) is 0 Å². The number of halogens is 1. The molecule has 1 aliphatic rings. The van der Waals surface area contributed by atoms with Crippen LogP contribution in [0.1, 0.15) is 11.1 Å². The van der Waals surface area contributed by atoms with Crippen molar-refractivity contribution in [2.75, 3.05) is 31.6 Å². The Hall–Kier alpha value is -2.02. The molecule has 1 fully saturated rings. The quantitative estimate of drug-likeness (QED) is 0.710. The maximum atomic E-state index is 13.7. The minimum atomic E-state index is -0.317. The molecular weight excluding hydrogens is 337 g/mol. The van der Waals surface area contributed by atoms with Crippen LogP contribution in [0.5, 0.6) is 0 Å². The van der Waals surface area contributed by atoms with E-state index in [1.807, 2.05) is 6.07 Å². The Labute approximate surface area is 153 Å². The number of para-hydroxylation sites is 1. The first-order chi connectivity index (χ1) is 12.2. The first kappa shape index (κ1) is 17.8. The molecule has 0 radical (unpaired) electrons. The van der Waals surface area contributed by atoms with Crippen LogP contribution in [-0.2, 0) is 17.8 Å². The number of nitrogens with one attached hydrogen (secondary N) is 3. The van der Waals surface area contributed by atoms with E-state index in [-0.39, 0.29) is 5.82 Å². The highest BCUT2D eigenvalue weighted by Gasteiger charge is 2.16. The molecule has 3 N–H and O–H groups in total. The Morgan fingerprint density at radius 2 is 1.72 bits per heavy atom. The summed E-state index contributed by atoms with van der Waals surface area (Å²) in [5.74, 6) is -0.317. The summed E-state index contributed by atoms with van der Waals surface area (Å²) in [5, 5.41) is 6.49. The number of thiocarbonyl (C=S) groups is 1. The number of rotatable bonds is 5. The van der Waals surface area contributed by atoms with Crippen LogP contribution in [0, 0.1) is 5.82 Å². The third-order valence-corrected chi connectivity index (χ3v) is 4.57. The molecule has 0 unspecified atom stereocenters. The van der Waals surface area contributed by atoms with Gasteiger partial charge in [-0.3, -0.25) is 0 Å². The normalized spacial score (nSPS) is 14.9. The van der Waals surface area contributed by atoms with Crippen LogP contribution in [0.4, 0.5) is 10.1 Å². The first-order valence-electron chi connectivity index (χ1n) is 8.50. The molecule has 0 amide bonds. The number of hydrogen-bond donors (Lipinski definition) is 3. The van der Waals surface area contributed by atoms with Crippen LogP contribution in [-0.4, -0.2) is 31.4 Å². The van der Waals surface area contributed by atoms with Crippen molar-refractivity contribution in [2.24, 2.45) is 0 Å². The lowest BCUT2D eigenvalue weighted by molar-refractivity contribution is -0.921. The van der Waals surface area contributed by atoms with Crippen molar-refractivity contribution in [1.29, 1.82) is 0 Å². The van der Waals surface area contributed by atoms with E-state index in [0.29, 0.717) is 17.3 Å². The van der Waals surface area contributed by atoms with Crippen molar-refractivity contribution in [3.8, 4) is 0 Å². The number of ether oxygens (including phenoxy) is 1. The molecule has 2 aromatic rings. The lowest BCUT2D eigenvalue weighted by Gasteiger charge is -2.24. The summed E-state index contributed by atoms with van der Waals surface area (Å²) in [6.07, 6.45) is 0. The smallest absolute Gasteiger partial charge is 0.171 e. The molecule has 0 atom stereocenters. The van der Waals surface area contributed by atoms with Gasteiger partial charge < -0.3 is 20.3 Å². The van der Waals surface area contributed by atoms with Crippen LogP contribution < -0.4 is 15.5 Å². The van der Waals surface area contributed by atoms with E-state index in [0.717, 1.165) is 32.8 Å². The van der Waals surface area contributed by atoms with Gasteiger partial charge in [-0.1, -0.05) is 36.4 Å². The van der Waals surface area contributed by atoms with Gasteiger partial charge in [0.25, 0.3) is 0 Å². The fourth-order valence-corrected chi connectivity index (χ4v) is 3.10. The molecule has 0 bridgehead atoms. The molecule has 3 rings (SSSR count). The van der Waals surface area contributed by atoms with Gasteiger partial charge in [-0.15, -0.1) is 0 Å². The lowest BCUT2D eigenvalue weighted by atomic mass is 10.1. The zero-order chi connectivity index (χ0) is 17.5. The van der Waals surface area contributed by atoms with Gasteiger partial charge in [0.1, 0.15) is 25.5 Å². The SMILES string of the molecule is Fc1ccccc1NC(=S)NCc1ccccc1C[NH+]1CCOCC1. The third kappa shape index (κ3) is 5.22. The predicted molar refractivity (Wildman–Crippen MR) is 101 cm³/mol. The molecule has 6 heteroatoms. The Kier molecular flexibility index (Phi) is 6.33. The van der Waals surface area contributed by atoms with E-state index in [1.165, 1.54) is 22.1 Å². The van der Waals surface area contributed by atoms with Crippen molar-refractivity contribution in [3.05, 3.63) is 65.5 Å². The van der Waals surface area contributed by atoms with Gasteiger partial charge in [-0.2, -0.15) is 0 Å². The zero-order valence-corrected chi connectivity index (χ0v) is 14.9. The summed E-state index contributed by atoms with van der Waals surface area (Å²) in [4.78, 5) is 1.53. The fraction of sp³-hybridized carbons (Fsp3) is 0.316. The second-order valence-corrected chi connectivity index (χ2v) is 6.50.